The van der Waals surface area contributed by atoms with Gasteiger partial charge in [-0.15, -0.1) is 11.3 Å². The lowest BCUT2D eigenvalue weighted by Crippen LogP contribution is -2.25. The molecule has 100 valence electrons. The van der Waals surface area contributed by atoms with Crippen LogP contribution >= 0.6 is 11.3 Å². The van der Waals surface area contributed by atoms with Crippen molar-refractivity contribution >= 4 is 11.3 Å². The van der Waals surface area contributed by atoms with Gasteiger partial charge in [0, 0.05) is 23.7 Å². The smallest absolute Gasteiger partial charge is 0.142 e. The van der Waals surface area contributed by atoms with E-state index in [9.17, 15) is 0 Å². The van der Waals surface area contributed by atoms with Gasteiger partial charge in [-0.25, -0.2) is 4.98 Å². The van der Waals surface area contributed by atoms with Crippen molar-refractivity contribution < 1.29 is 0 Å². The van der Waals surface area contributed by atoms with Crippen molar-refractivity contribution in [2.75, 3.05) is 0 Å². The van der Waals surface area contributed by atoms with Crippen molar-refractivity contribution in [1.82, 2.24) is 15.3 Å². The molecule has 3 nitrogen and oxygen atoms in total. The average Bonchev–Trinajstić information content (AvgIpc) is 3.07. The highest BCUT2D eigenvalue weighted by atomic mass is 32.1. The van der Waals surface area contributed by atoms with Gasteiger partial charge in [-0.1, -0.05) is 18.9 Å². The van der Waals surface area contributed by atoms with Crippen LogP contribution in [0, 0.1) is 6.92 Å². The summed E-state index contributed by atoms with van der Waals surface area (Å²) in [5, 5.41) is 4.68. The van der Waals surface area contributed by atoms with Crippen LogP contribution in [0.4, 0.5) is 0 Å². The number of pyridine rings is 1. The van der Waals surface area contributed by atoms with E-state index in [2.05, 4.69) is 22.2 Å². The number of hydrogen-bond donors (Lipinski definition) is 1. The molecule has 2 aromatic rings. The monoisotopic (exact) mass is 273 g/mol. The summed E-state index contributed by atoms with van der Waals surface area (Å²) >= 11 is 1.76. The maximum Gasteiger partial charge on any atom is 0.142 e. The number of aromatic nitrogens is 2. The van der Waals surface area contributed by atoms with Gasteiger partial charge in [-0.3, -0.25) is 4.98 Å². The fraction of sp³-hybridized carbons (Fsp3) is 0.467. The Balaban J connectivity index is 1.70. The first kappa shape index (κ1) is 12.8. The number of thiazole rings is 1. The zero-order chi connectivity index (χ0) is 13.1. The third kappa shape index (κ3) is 3.01. The predicted molar refractivity (Wildman–Crippen MR) is 79.2 cm³/mol. The summed E-state index contributed by atoms with van der Waals surface area (Å²) in [6.45, 7) is 3.04. The van der Waals surface area contributed by atoms with E-state index in [1.807, 2.05) is 24.4 Å². The molecule has 0 bridgehead atoms. The lowest BCUT2D eigenvalue weighted by molar-refractivity contribution is 0.526. The van der Waals surface area contributed by atoms with Gasteiger partial charge >= 0.3 is 0 Å². The molecular formula is C15H19N3S. The number of nitrogens with one attached hydrogen (secondary N) is 1. The topological polar surface area (TPSA) is 37.8 Å². The Hall–Kier alpha value is -1.26. The summed E-state index contributed by atoms with van der Waals surface area (Å²) in [6, 6.07) is 6.67. The minimum atomic E-state index is 0.708. The zero-order valence-electron chi connectivity index (χ0n) is 11.2. The molecule has 1 aliphatic carbocycles. The van der Waals surface area contributed by atoms with Crippen molar-refractivity contribution in [3.8, 4) is 10.7 Å². The molecule has 0 unspecified atom stereocenters. The van der Waals surface area contributed by atoms with E-state index in [1.165, 1.54) is 30.6 Å². The van der Waals surface area contributed by atoms with Gasteiger partial charge in [0.15, 0.2) is 0 Å². The second-order valence-electron chi connectivity index (χ2n) is 5.10. The summed E-state index contributed by atoms with van der Waals surface area (Å²) in [6.07, 6.45) is 7.22. The Morgan fingerprint density at radius 3 is 2.89 bits per heavy atom. The summed E-state index contributed by atoms with van der Waals surface area (Å²) in [4.78, 5) is 10.4. The minimum absolute atomic E-state index is 0.708. The van der Waals surface area contributed by atoms with Crippen LogP contribution in [-0.4, -0.2) is 16.0 Å². The van der Waals surface area contributed by atoms with Crippen molar-refractivity contribution in [2.24, 2.45) is 0 Å². The third-order valence-electron chi connectivity index (χ3n) is 3.68. The second-order valence-corrected chi connectivity index (χ2v) is 6.19. The Labute approximate surface area is 118 Å². The van der Waals surface area contributed by atoms with Crippen LogP contribution < -0.4 is 5.32 Å². The first-order chi connectivity index (χ1) is 9.33. The van der Waals surface area contributed by atoms with Crippen molar-refractivity contribution in [3.05, 3.63) is 35.0 Å². The van der Waals surface area contributed by atoms with Gasteiger partial charge in [0.2, 0.25) is 0 Å². The first-order valence-corrected chi connectivity index (χ1v) is 7.75. The lowest BCUT2D eigenvalue weighted by atomic mass is 10.2. The molecule has 1 saturated carbocycles. The van der Waals surface area contributed by atoms with Crippen molar-refractivity contribution in [3.63, 3.8) is 0 Å². The average molecular weight is 273 g/mol. The molecule has 0 spiro atoms. The molecule has 0 aromatic carbocycles. The first-order valence-electron chi connectivity index (χ1n) is 6.94. The largest absolute Gasteiger partial charge is 0.309 e. The fourth-order valence-electron chi connectivity index (χ4n) is 2.56. The van der Waals surface area contributed by atoms with Gasteiger partial charge in [0.05, 0.1) is 11.4 Å². The molecule has 0 atom stereocenters. The number of nitrogens with zero attached hydrogens (tertiary/aromatic N) is 2. The molecule has 1 fully saturated rings. The molecule has 0 amide bonds. The number of rotatable bonds is 4. The summed E-state index contributed by atoms with van der Waals surface area (Å²) < 4.78 is 0. The molecule has 2 heterocycles. The maximum atomic E-state index is 4.64. The van der Waals surface area contributed by atoms with Crippen LogP contribution in [0.15, 0.2) is 24.4 Å². The van der Waals surface area contributed by atoms with E-state index >= 15 is 0 Å². The van der Waals surface area contributed by atoms with Crippen LogP contribution in [0.2, 0.25) is 0 Å². The normalized spacial score (nSPS) is 16.1. The van der Waals surface area contributed by atoms with Crippen LogP contribution in [0.3, 0.4) is 0 Å². The summed E-state index contributed by atoms with van der Waals surface area (Å²) in [7, 11) is 0. The molecule has 19 heavy (non-hydrogen) atoms. The highest BCUT2D eigenvalue weighted by molar-refractivity contribution is 7.15. The minimum Gasteiger partial charge on any atom is -0.309 e. The lowest BCUT2D eigenvalue weighted by Gasteiger charge is -2.10. The Morgan fingerprint density at radius 1 is 1.32 bits per heavy atom. The van der Waals surface area contributed by atoms with Crippen molar-refractivity contribution in [1.29, 1.82) is 0 Å². The molecule has 3 rings (SSSR count). The molecule has 0 radical (unpaired) electrons. The van der Waals surface area contributed by atoms with Gasteiger partial charge in [-0.05, 0) is 31.9 Å². The zero-order valence-corrected chi connectivity index (χ0v) is 12.0. The standard InChI is InChI=1S/C15H19N3S/c1-11-14(10-17-12-6-2-3-7-12)19-15(18-11)13-8-4-5-9-16-13/h4-5,8-9,12,17H,2-3,6-7,10H2,1H3. The Morgan fingerprint density at radius 2 is 2.16 bits per heavy atom. The maximum absolute atomic E-state index is 4.64. The van der Waals surface area contributed by atoms with E-state index in [-0.39, 0.29) is 0 Å². The predicted octanol–water partition coefficient (Wildman–Crippen LogP) is 3.55. The third-order valence-corrected chi connectivity index (χ3v) is 4.86. The highest BCUT2D eigenvalue weighted by Gasteiger charge is 2.16. The van der Waals surface area contributed by atoms with Gasteiger partial charge in [0.25, 0.3) is 0 Å². The van der Waals surface area contributed by atoms with E-state index < -0.39 is 0 Å². The highest BCUT2D eigenvalue weighted by Crippen LogP contribution is 2.27. The Bertz CT molecular complexity index is 530. The molecule has 0 saturated heterocycles. The van der Waals surface area contributed by atoms with E-state index in [0.29, 0.717) is 6.04 Å². The summed E-state index contributed by atoms with van der Waals surface area (Å²) in [5.74, 6) is 0. The van der Waals surface area contributed by atoms with E-state index in [4.69, 9.17) is 0 Å². The van der Waals surface area contributed by atoms with E-state index in [1.54, 1.807) is 11.3 Å². The summed E-state index contributed by atoms with van der Waals surface area (Å²) in [5.41, 5.74) is 2.11. The van der Waals surface area contributed by atoms with Gasteiger partial charge in [-0.2, -0.15) is 0 Å². The quantitative estimate of drug-likeness (QED) is 0.925. The molecule has 1 N–H and O–H groups in total. The van der Waals surface area contributed by atoms with Gasteiger partial charge in [0.1, 0.15) is 5.01 Å². The molecule has 4 heteroatoms. The molecular weight excluding hydrogens is 254 g/mol. The van der Waals surface area contributed by atoms with Crippen LogP contribution in [-0.2, 0) is 6.54 Å². The molecule has 1 aliphatic rings. The SMILES string of the molecule is Cc1nc(-c2ccccn2)sc1CNC1CCCC1. The Kier molecular flexibility index (Phi) is 3.89. The van der Waals surface area contributed by atoms with E-state index in [0.717, 1.165) is 22.9 Å². The molecule has 2 aromatic heterocycles. The molecule has 0 aliphatic heterocycles. The fourth-order valence-corrected chi connectivity index (χ4v) is 3.55. The van der Waals surface area contributed by atoms with Crippen molar-refractivity contribution in [2.45, 2.75) is 45.2 Å². The van der Waals surface area contributed by atoms with Crippen LogP contribution in [0.1, 0.15) is 36.3 Å². The van der Waals surface area contributed by atoms with Crippen LogP contribution in [0.25, 0.3) is 10.7 Å². The number of aryl methyl sites for hydroxylation is 1. The number of hydrogen-bond acceptors (Lipinski definition) is 4. The van der Waals surface area contributed by atoms with Gasteiger partial charge < -0.3 is 5.32 Å². The second kappa shape index (κ2) is 5.80. The van der Waals surface area contributed by atoms with Crippen LogP contribution in [0.5, 0.6) is 0 Å².